The van der Waals surface area contributed by atoms with E-state index < -0.39 is 10.0 Å². The van der Waals surface area contributed by atoms with Crippen molar-refractivity contribution in [2.24, 2.45) is 0 Å². The van der Waals surface area contributed by atoms with Crippen molar-refractivity contribution in [3.8, 4) is 0 Å². The summed E-state index contributed by atoms with van der Waals surface area (Å²) in [6, 6.07) is 12.1. The zero-order valence-electron chi connectivity index (χ0n) is 16.6. The molecule has 1 saturated heterocycles. The molecule has 0 aliphatic carbocycles. The van der Waals surface area contributed by atoms with Crippen LogP contribution in [0.15, 0.2) is 53.4 Å². The van der Waals surface area contributed by atoms with Gasteiger partial charge in [0.2, 0.25) is 10.0 Å². The molecule has 0 radical (unpaired) electrons. The average molecular weight is 420 g/mol. The van der Waals surface area contributed by atoms with Crippen molar-refractivity contribution in [2.75, 3.05) is 33.7 Å². The number of likely N-dealkylation sites (N-methyl/N-ethyl adjacent to an activating group) is 1. The van der Waals surface area contributed by atoms with E-state index in [4.69, 9.17) is 0 Å². The van der Waals surface area contributed by atoms with E-state index in [0.717, 1.165) is 18.4 Å². The van der Waals surface area contributed by atoms with Crippen LogP contribution < -0.4 is 5.32 Å². The van der Waals surface area contributed by atoms with Gasteiger partial charge in [-0.2, -0.15) is 4.31 Å². The monoisotopic (exact) mass is 419 g/mol. The van der Waals surface area contributed by atoms with Gasteiger partial charge < -0.3 is 10.2 Å². The van der Waals surface area contributed by atoms with Crippen LogP contribution in [0.2, 0.25) is 0 Å². The minimum absolute atomic E-state index is 0.190. The number of rotatable bonds is 7. The van der Waals surface area contributed by atoms with Crippen LogP contribution in [0.4, 0.5) is 4.39 Å². The van der Waals surface area contributed by atoms with E-state index >= 15 is 0 Å². The number of nitrogens with one attached hydrogen (secondary N) is 1. The molecule has 0 saturated carbocycles. The molecule has 156 valence electrons. The Morgan fingerprint density at radius 2 is 1.79 bits per heavy atom. The number of halogens is 1. The van der Waals surface area contributed by atoms with Gasteiger partial charge in [-0.1, -0.05) is 12.1 Å². The third-order valence-corrected chi connectivity index (χ3v) is 7.04. The van der Waals surface area contributed by atoms with Gasteiger partial charge in [0.05, 0.1) is 10.9 Å². The number of sulfonamides is 1. The van der Waals surface area contributed by atoms with Gasteiger partial charge in [0, 0.05) is 25.2 Å². The van der Waals surface area contributed by atoms with Gasteiger partial charge in [-0.3, -0.25) is 4.79 Å². The fourth-order valence-corrected chi connectivity index (χ4v) is 4.98. The van der Waals surface area contributed by atoms with Crippen LogP contribution in [0, 0.1) is 5.82 Å². The first-order chi connectivity index (χ1) is 13.8. The van der Waals surface area contributed by atoms with E-state index in [1.54, 1.807) is 6.07 Å². The van der Waals surface area contributed by atoms with Crippen LogP contribution in [-0.4, -0.2) is 57.3 Å². The molecule has 1 aliphatic heterocycles. The lowest BCUT2D eigenvalue weighted by atomic mass is 10.1. The second-order valence-electron chi connectivity index (χ2n) is 7.38. The van der Waals surface area contributed by atoms with Gasteiger partial charge in [-0.25, -0.2) is 12.8 Å². The standard InChI is InChI=1S/C21H26FN3O3S/c1-24(2)20(17-6-5-7-18(22)14-17)15-23-21(26)16-8-10-19(11-9-16)29(27,28)25-12-3-4-13-25/h5-11,14,20H,3-4,12-13,15H2,1-2H3,(H,23,26)/t20-/m0/s1. The molecule has 29 heavy (non-hydrogen) atoms. The van der Waals surface area contributed by atoms with Crippen molar-refractivity contribution < 1.29 is 17.6 Å². The predicted octanol–water partition coefficient (Wildman–Crippen LogP) is 2.64. The molecule has 2 aromatic carbocycles. The molecule has 0 aromatic heterocycles. The molecule has 0 bridgehead atoms. The number of hydrogen-bond acceptors (Lipinski definition) is 4. The first kappa shape index (κ1) is 21.4. The molecule has 1 fully saturated rings. The zero-order valence-corrected chi connectivity index (χ0v) is 17.5. The van der Waals surface area contributed by atoms with Crippen LogP contribution >= 0.6 is 0 Å². The number of carbonyl (C=O) groups is 1. The maximum atomic E-state index is 13.5. The Morgan fingerprint density at radius 1 is 1.14 bits per heavy atom. The van der Waals surface area contributed by atoms with Gasteiger partial charge in [-0.05, 0) is 68.9 Å². The van der Waals surface area contributed by atoms with Crippen molar-refractivity contribution in [3.63, 3.8) is 0 Å². The third kappa shape index (κ3) is 5.01. The molecule has 3 rings (SSSR count). The lowest BCUT2D eigenvalue weighted by molar-refractivity contribution is 0.0942. The molecule has 2 aromatic rings. The van der Waals surface area contributed by atoms with Gasteiger partial charge in [-0.15, -0.1) is 0 Å². The molecule has 8 heteroatoms. The molecule has 1 amide bonds. The van der Waals surface area contributed by atoms with Gasteiger partial charge in [0.25, 0.3) is 5.91 Å². The molecule has 1 N–H and O–H groups in total. The highest BCUT2D eigenvalue weighted by Crippen LogP contribution is 2.21. The summed E-state index contributed by atoms with van der Waals surface area (Å²) in [5.41, 5.74) is 1.14. The summed E-state index contributed by atoms with van der Waals surface area (Å²) < 4.78 is 40.2. The Kier molecular flexibility index (Phi) is 6.66. The summed E-state index contributed by atoms with van der Waals surface area (Å²) in [6.45, 7) is 1.37. The second kappa shape index (κ2) is 9.02. The Balaban J connectivity index is 1.67. The predicted molar refractivity (Wildman–Crippen MR) is 110 cm³/mol. The van der Waals surface area contributed by atoms with E-state index in [-0.39, 0.29) is 22.7 Å². The highest BCUT2D eigenvalue weighted by molar-refractivity contribution is 7.89. The number of benzene rings is 2. The van der Waals surface area contributed by atoms with Crippen LogP contribution in [0.25, 0.3) is 0 Å². The van der Waals surface area contributed by atoms with Crippen LogP contribution in [0.5, 0.6) is 0 Å². The highest BCUT2D eigenvalue weighted by atomic mass is 32.2. The Morgan fingerprint density at radius 3 is 2.38 bits per heavy atom. The van der Waals surface area contributed by atoms with Crippen molar-refractivity contribution in [2.45, 2.75) is 23.8 Å². The number of hydrogen-bond donors (Lipinski definition) is 1. The summed E-state index contributed by atoms with van der Waals surface area (Å²) in [5, 5.41) is 2.85. The van der Waals surface area contributed by atoms with Gasteiger partial charge in [0.15, 0.2) is 0 Å². The summed E-state index contributed by atoms with van der Waals surface area (Å²) >= 11 is 0. The van der Waals surface area contributed by atoms with Crippen molar-refractivity contribution in [3.05, 3.63) is 65.5 Å². The lowest BCUT2D eigenvalue weighted by Gasteiger charge is -2.25. The third-order valence-electron chi connectivity index (χ3n) is 5.13. The summed E-state index contributed by atoms with van der Waals surface area (Å²) in [4.78, 5) is 14.6. The van der Waals surface area contributed by atoms with Gasteiger partial charge in [0.1, 0.15) is 5.82 Å². The van der Waals surface area contributed by atoms with Crippen molar-refractivity contribution in [1.29, 1.82) is 0 Å². The first-order valence-corrected chi connectivity index (χ1v) is 11.0. The molecule has 1 aliphatic rings. The number of amides is 1. The van der Waals surface area contributed by atoms with E-state index in [2.05, 4.69) is 5.32 Å². The summed E-state index contributed by atoms with van der Waals surface area (Å²) in [5.74, 6) is -0.631. The zero-order chi connectivity index (χ0) is 21.0. The van der Waals surface area contributed by atoms with Crippen molar-refractivity contribution >= 4 is 15.9 Å². The lowest BCUT2D eigenvalue weighted by Crippen LogP contribution is -2.34. The second-order valence-corrected chi connectivity index (χ2v) is 9.32. The Bertz CT molecular complexity index is 955. The summed E-state index contributed by atoms with van der Waals surface area (Å²) in [6.07, 6.45) is 1.75. The highest BCUT2D eigenvalue weighted by Gasteiger charge is 2.27. The molecule has 6 nitrogen and oxygen atoms in total. The average Bonchev–Trinajstić information content (AvgIpc) is 3.24. The summed E-state index contributed by atoms with van der Waals surface area (Å²) in [7, 11) is 0.223. The minimum Gasteiger partial charge on any atom is -0.350 e. The molecule has 0 unspecified atom stereocenters. The maximum absolute atomic E-state index is 13.5. The minimum atomic E-state index is -3.50. The maximum Gasteiger partial charge on any atom is 0.251 e. The largest absolute Gasteiger partial charge is 0.350 e. The smallest absolute Gasteiger partial charge is 0.251 e. The Hall–Kier alpha value is -2.29. The molecule has 0 spiro atoms. The first-order valence-electron chi connectivity index (χ1n) is 9.59. The van der Waals surface area contributed by atoms with E-state index in [0.29, 0.717) is 25.2 Å². The number of carbonyl (C=O) groups excluding carboxylic acids is 1. The van der Waals surface area contributed by atoms with Crippen LogP contribution in [-0.2, 0) is 10.0 Å². The molecular weight excluding hydrogens is 393 g/mol. The SMILES string of the molecule is CN(C)[C@@H](CNC(=O)c1ccc(S(=O)(=O)N2CCCC2)cc1)c1cccc(F)c1. The van der Waals surface area contributed by atoms with E-state index in [9.17, 15) is 17.6 Å². The van der Waals surface area contributed by atoms with E-state index in [1.807, 2.05) is 25.1 Å². The number of nitrogens with zero attached hydrogens (tertiary/aromatic N) is 2. The topological polar surface area (TPSA) is 69.7 Å². The van der Waals surface area contributed by atoms with E-state index in [1.165, 1.54) is 40.7 Å². The van der Waals surface area contributed by atoms with Crippen molar-refractivity contribution in [1.82, 2.24) is 14.5 Å². The van der Waals surface area contributed by atoms with Gasteiger partial charge >= 0.3 is 0 Å². The normalized spacial score (nSPS) is 16.1. The molecular formula is C21H26FN3O3S. The molecule has 1 atom stereocenters. The quantitative estimate of drug-likeness (QED) is 0.749. The molecule has 1 heterocycles. The van der Waals surface area contributed by atoms with Crippen LogP contribution in [0.1, 0.15) is 34.8 Å². The van der Waals surface area contributed by atoms with Crippen LogP contribution in [0.3, 0.4) is 0 Å². The fourth-order valence-electron chi connectivity index (χ4n) is 3.46. The Labute approximate surface area is 171 Å². The fraction of sp³-hybridized carbons (Fsp3) is 0.381.